The first-order chi connectivity index (χ1) is 9.94. The number of carbonyl (C=O) groups is 1. The number of rotatable bonds is 4. The average Bonchev–Trinajstić information content (AvgIpc) is 2.45. The molecule has 2 rings (SSSR count). The van der Waals surface area contributed by atoms with Crippen LogP contribution in [0.15, 0.2) is 24.4 Å². The average molecular weight is 291 g/mol. The molecule has 0 radical (unpaired) electrons. The molecule has 1 aromatic heterocycles. The summed E-state index contributed by atoms with van der Waals surface area (Å²) < 4.78 is 5.33. The van der Waals surface area contributed by atoms with Crippen LogP contribution < -0.4 is 4.90 Å². The van der Waals surface area contributed by atoms with Crippen LogP contribution in [0.1, 0.15) is 27.2 Å². The molecule has 5 nitrogen and oxygen atoms in total. The molecule has 0 N–H and O–H groups in total. The fourth-order valence-electron chi connectivity index (χ4n) is 2.38. The Hall–Kier alpha value is -1.62. The summed E-state index contributed by atoms with van der Waals surface area (Å²) in [5, 5.41) is 0. The number of ether oxygens (including phenoxy) is 1. The maximum atomic E-state index is 11.7. The highest BCUT2D eigenvalue weighted by molar-refractivity contribution is 5.70. The first kappa shape index (κ1) is 15.8. The summed E-state index contributed by atoms with van der Waals surface area (Å²) in [5.41, 5.74) is -0.394. The number of esters is 1. The minimum Gasteiger partial charge on any atom is -0.460 e. The molecule has 1 fully saturated rings. The number of anilines is 1. The van der Waals surface area contributed by atoms with Crippen molar-refractivity contribution in [2.75, 3.05) is 37.6 Å². The van der Waals surface area contributed by atoms with Crippen molar-refractivity contribution < 1.29 is 9.53 Å². The Morgan fingerprint density at radius 2 is 1.95 bits per heavy atom. The molecule has 1 saturated heterocycles. The summed E-state index contributed by atoms with van der Waals surface area (Å²) in [6, 6.07) is 5.98. The first-order valence-corrected chi connectivity index (χ1v) is 7.54. The zero-order valence-corrected chi connectivity index (χ0v) is 13.2. The van der Waals surface area contributed by atoms with Crippen LogP contribution in [0.5, 0.6) is 0 Å². The van der Waals surface area contributed by atoms with Crippen molar-refractivity contribution in [3.05, 3.63) is 24.4 Å². The number of pyridine rings is 1. The highest BCUT2D eigenvalue weighted by atomic mass is 16.6. The molecule has 2 heterocycles. The molecule has 1 aromatic rings. The molecule has 0 aliphatic carbocycles. The van der Waals surface area contributed by atoms with E-state index < -0.39 is 5.60 Å². The predicted molar refractivity (Wildman–Crippen MR) is 83.4 cm³/mol. The van der Waals surface area contributed by atoms with Crippen LogP contribution >= 0.6 is 0 Å². The van der Waals surface area contributed by atoms with Crippen molar-refractivity contribution in [2.45, 2.75) is 32.8 Å². The summed E-state index contributed by atoms with van der Waals surface area (Å²) in [5.74, 6) is 0.916. The third-order valence-electron chi connectivity index (χ3n) is 3.40. The number of hydrogen-bond acceptors (Lipinski definition) is 5. The van der Waals surface area contributed by atoms with E-state index in [-0.39, 0.29) is 5.97 Å². The van der Waals surface area contributed by atoms with E-state index in [1.165, 1.54) is 0 Å². The Kier molecular flexibility index (Phi) is 5.17. The van der Waals surface area contributed by atoms with Crippen LogP contribution in [0, 0.1) is 0 Å². The molecule has 0 aromatic carbocycles. The molecule has 0 atom stereocenters. The van der Waals surface area contributed by atoms with Gasteiger partial charge in [0.05, 0.1) is 6.42 Å². The molecule has 1 aliphatic heterocycles. The fourth-order valence-corrected chi connectivity index (χ4v) is 2.38. The van der Waals surface area contributed by atoms with E-state index in [0.29, 0.717) is 6.42 Å². The fraction of sp³-hybridized carbons (Fsp3) is 0.625. The zero-order chi connectivity index (χ0) is 15.3. The van der Waals surface area contributed by atoms with Gasteiger partial charge in [-0.25, -0.2) is 4.98 Å². The lowest BCUT2D eigenvalue weighted by molar-refractivity contribution is -0.155. The summed E-state index contributed by atoms with van der Waals surface area (Å²) in [4.78, 5) is 20.7. The van der Waals surface area contributed by atoms with Gasteiger partial charge in [0.2, 0.25) is 0 Å². The Morgan fingerprint density at radius 1 is 1.24 bits per heavy atom. The van der Waals surface area contributed by atoms with Crippen molar-refractivity contribution in [2.24, 2.45) is 0 Å². The summed E-state index contributed by atoms with van der Waals surface area (Å²) in [7, 11) is 0. The van der Waals surface area contributed by atoms with Gasteiger partial charge in [0.15, 0.2) is 0 Å². The van der Waals surface area contributed by atoms with Gasteiger partial charge >= 0.3 is 5.97 Å². The lowest BCUT2D eigenvalue weighted by Crippen LogP contribution is -2.47. The monoisotopic (exact) mass is 291 g/mol. The normalized spacial score (nSPS) is 16.8. The maximum Gasteiger partial charge on any atom is 0.307 e. The number of hydrogen-bond donors (Lipinski definition) is 0. The Bertz CT molecular complexity index is 448. The largest absolute Gasteiger partial charge is 0.460 e. The van der Waals surface area contributed by atoms with Crippen molar-refractivity contribution >= 4 is 11.8 Å². The second-order valence-electron chi connectivity index (χ2n) is 6.35. The molecule has 0 spiro atoms. The zero-order valence-electron chi connectivity index (χ0n) is 13.2. The standard InChI is InChI=1S/C16H25N3O2/c1-16(2,3)21-15(20)7-9-18-10-12-19(13-11-18)14-6-4-5-8-17-14/h4-6,8H,7,9-13H2,1-3H3. The van der Waals surface area contributed by atoms with Crippen LogP contribution in [0.3, 0.4) is 0 Å². The SMILES string of the molecule is CC(C)(C)OC(=O)CCN1CCN(c2ccccn2)CC1. The Labute approximate surface area is 126 Å². The van der Waals surface area contributed by atoms with E-state index >= 15 is 0 Å². The number of piperazine rings is 1. The van der Waals surface area contributed by atoms with E-state index in [2.05, 4.69) is 14.8 Å². The highest BCUT2D eigenvalue weighted by Crippen LogP contribution is 2.13. The van der Waals surface area contributed by atoms with Gasteiger partial charge in [0.1, 0.15) is 11.4 Å². The van der Waals surface area contributed by atoms with Crippen molar-refractivity contribution in [1.82, 2.24) is 9.88 Å². The molecule has 21 heavy (non-hydrogen) atoms. The van der Waals surface area contributed by atoms with E-state index in [0.717, 1.165) is 38.5 Å². The van der Waals surface area contributed by atoms with E-state index in [9.17, 15) is 4.79 Å². The minimum absolute atomic E-state index is 0.116. The number of carbonyl (C=O) groups excluding carboxylic acids is 1. The molecule has 0 saturated carbocycles. The summed E-state index contributed by atoms with van der Waals surface area (Å²) in [6.07, 6.45) is 2.28. The molecular formula is C16H25N3O2. The topological polar surface area (TPSA) is 45.7 Å². The van der Waals surface area contributed by atoms with Gasteiger partial charge in [0.25, 0.3) is 0 Å². The maximum absolute atomic E-state index is 11.7. The third-order valence-corrected chi connectivity index (χ3v) is 3.40. The van der Waals surface area contributed by atoms with Crippen LogP contribution in [0.2, 0.25) is 0 Å². The van der Waals surface area contributed by atoms with E-state index in [1.54, 1.807) is 0 Å². The second-order valence-corrected chi connectivity index (χ2v) is 6.35. The van der Waals surface area contributed by atoms with Crippen molar-refractivity contribution in [3.63, 3.8) is 0 Å². The van der Waals surface area contributed by atoms with Gasteiger partial charge in [-0.05, 0) is 32.9 Å². The predicted octanol–water partition coefficient (Wildman–Crippen LogP) is 1.94. The van der Waals surface area contributed by atoms with Crippen molar-refractivity contribution in [1.29, 1.82) is 0 Å². The second kappa shape index (κ2) is 6.89. The van der Waals surface area contributed by atoms with Gasteiger partial charge < -0.3 is 9.64 Å². The van der Waals surface area contributed by atoms with Crippen molar-refractivity contribution in [3.8, 4) is 0 Å². The van der Waals surface area contributed by atoms with Gasteiger partial charge in [0, 0.05) is 38.9 Å². The Morgan fingerprint density at radius 3 is 2.52 bits per heavy atom. The summed E-state index contributed by atoms with van der Waals surface area (Å²) >= 11 is 0. The molecule has 116 valence electrons. The molecule has 1 aliphatic rings. The van der Waals surface area contributed by atoms with Crippen LogP contribution in [-0.4, -0.2) is 54.2 Å². The van der Waals surface area contributed by atoms with Crippen LogP contribution in [0.25, 0.3) is 0 Å². The lowest BCUT2D eigenvalue weighted by atomic mass is 10.2. The van der Waals surface area contributed by atoms with Crippen LogP contribution in [-0.2, 0) is 9.53 Å². The van der Waals surface area contributed by atoms with Gasteiger partial charge in [-0.15, -0.1) is 0 Å². The highest BCUT2D eigenvalue weighted by Gasteiger charge is 2.20. The molecular weight excluding hydrogens is 266 g/mol. The third kappa shape index (κ3) is 5.34. The lowest BCUT2D eigenvalue weighted by Gasteiger charge is -2.35. The molecule has 0 unspecified atom stereocenters. The molecule has 0 amide bonds. The first-order valence-electron chi connectivity index (χ1n) is 7.54. The van der Waals surface area contributed by atoms with Gasteiger partial charge in [-0.2, -0.15) is 0 Å². The minimum atomic E-state index is -0.394. The van der Waals surface area contributed by atoms with E-state index in [1.807, 2.05) is 45.2 Å². The summed E-state index contributed by atoms with van der Waals surface area (Å²) in [6.45, 7) is 10.3. The van der Waals surface area contributed by atoms with Crippen LogP contribution in [0.4, 0.5) is 5.82 Å². The molecule has 0 bridgehead atoms. The van der Waals surface area contributed by atoms with E-state index in [4.69, 9.17) is 4.74 Å². The van der Waals surface area contributed by atoms with Gasteiger partial charge in [-0.1, -0.05) is 6.07 Å². The molecule has 5 heteroatoms. The Balaban J connectivity index is 1.71. The quantitative estimate of drug-likeness (QED) is 0.793. The number of nitrogens with zero attached hydrogens (tertiary/aromatic N) is 3. The van der Waals surface area contributed by atoms with Gasteiger partial charge in [-0.3, -0.25) is 9.69 Å². The smallest absolute Gasteiger partial charge is 0.307 e. The number of aromatic nitrogens is 1.